The predicted octanol–water partition coefficient (Wildman–Crippen LogP) is 2.70. The number of nitrogens with one attached hydrogen (secondary N) is 2. The predicted molar refractivity (Wildman–Crippen MR) is 98.6 cm³/mol. The number of rotatable bonds is 6. The van der Waals surface area contributed by atoms with Crippen LogP contribution in [0.1, 0.15) is 22.8 Å². The average molecular weight is 373 g/mol. The molecule has 1 unspecified atom stereocenters. The molecule has 2 aromatic carbocycles. The molecule has 6 nitrogen and oxygen atoms in total. The topological polar surface area (TPSA) is 95.5 Å². The molecule has 26 heavy (non-hydrogen) atoms. The van der Waals surface area contributed by atoms with Gasteiger partial charge in [0.15, 0.2) is 0 Å². The third-order valence-corrected chi connectivity index (χ3v) is 3.68. The highest BCUT2D eigenvalue weighted by Crippen LogP contribution is 2.12. The minimum Gasteiger partial charge on any atom is -0.480 e. The first-order chi connectivity index (χ1) is 12.4. The van der Waals surface area contributed by atoms with Gasteiger partial charge in [-0.2, -0.15) is 0 Å². The molecule has 0 radical (unpaired) electrons. The van der Waals surface area contributed by atoms with Crippen LogP contribution < -0.4 is 10.6 Å². The van der Waals surface area contributed by atoms with Crippen molar-refractivity contribution in [2.75, 3.05) is 0 Å². The van der Waals surface area contributed by atoms with Crippen molar-refractivity contribution in [1.82, 2.24) is 10.6 Å². The van der Waals surface area contributed by atoms with Crippen LogP contribution in [0.3, 0.4) is 0 Å². The Bertz CT molecular complexity index is 832. The van der Waals surface area contributed by atoms with Crippen molar-refractivity contribution in [1.29, 1.82) is 0 Å². The number of amides is 2. The van der Waals surface area contributed by atoms with E-state index in [9.17, 15) is 14.4 Å². The van der Waals surface area contributed by atoms with E-state index in [-0.39, 0.29) is 5.70 Å². The summed E-state index contributed by atoms with van der Waals surface area (Å²) in [5.41, 5.74) is 0.916. The molecule has 0 aliphatic heterocycles. The van der Waals surface area contributed by atoms with Crippen LogP contribution >= 0.6 is 11.6 Å². The first-order valence-electron chi connectivity index (χ1n) is 7.74. The van der Waals surface area contributed by atoms with Gasteiger partial charge in [0.05, 0.1) is 0 Å². The van der Waals surface area contributed by atoms with E-state index in [4.69, 9.17) is 16.7 Å². The van der Waals surface area contributed by atoms with Gasteiger partial charge in [0.2, 0.25) is 0 Å². The van der Waals surface area contributed by atoms with E-state index in [2.05, 4.69) is 10.6 Å². The summed E-state index contributed by atoms with van der Waals surface area (Å²) in [5, 5.41) is 14.3. The van der Waals surface area contributed by atoms with Crippen LogP contribution in [0.2, 0.25) is 5.02 Å². The maximum Gasteiger partial charge on any atom is 0.325 e. The standard InChI is InChI=1S/C19H17ClN2O4/c1-12(19(25)26)21-18(24)16(11-13-7-9-15(20)10-8-13)22-17(23)14-5-3-2-4-6-14/h2-12H,1H3,(H,21,24)(H,22,23)(H,25,26). The average Bonchev–Trinajstić information content (AvgIpc) is 2.63. The number of carboxylic acids is 1. The van der Waals surface area contributed by atoms with E-state index in [1.807, 2.05) is 0 Å². The third kappa shape index (κ3) is 5.46. The molecule has 0 aliphatic rings. The quantitative estimate of drug-likeness (QED) is 0.679. The molecule has 0 aliphatic carbocycles. The van der Waals surface area contributed by atoms with Crippen LogP contribution in [-0.4, -0.2) is 28.9 Å². The van der Waals surface area contributed by atoms with Gasteiger partial charge in [-0.1, -0.05) is 41.9 Å². The van der Waals surface area contributed by atoms with Crippen molar-refractivity contribution in [3.63, 3.8) is 0 Å². The lowest BCUT2D eigenvalue weighted by Crippen LogP contribution is -2.42. The summed E-state index contributed by atoms with van der Waals surface area (Å²) >= 11 is 5.84. The zero-order valence-electron chi connectivity index (χ0n) is 13.9. The van der Waals surface area contributed by atoms with Crippen molar-refractivity contribution in [3.8, 4) is 0 Å². The van der Waals surface area contributed by atoms with E-state index < -0.39 is 23.8 Å². The largest absolute Gasteiger partial charge is 0.480 e. The number of hydrogen-bond donors (Lipinski definition) is 3. The first kappa shape index (κ1) is 19.2. The Morgan fingerprint density at radius 2 is 1.65 bits per heavy atom. The number of aliphatic carboxylic acids is 1. The smallest absolute Gasteiger partial charge is 0.325 e. The molecule has 0 fully saturated rings. The second-order valence-electron chi connectivity index (χ2n) is 5.46. The molecule has 134 valence electrons. The zero-order chi connectivity index (χ0) is 19.1. The number of carbonyl (C=O) groups excluding carboxylic acids is 2. The van der Waals surface area contributed by atoms with Gasteiger partial charge in [-0.05, 0) is 42.8 Å². The molecule has 2 aromatic rings. The Balaban J connectivity index is 2.28. The molecule has 2 rings (SSSR count). The van der Waals surface area contributed by atoms with Crippen LogP contribution in [0.15, 0.2) is 60.3 Å². The van der Waals surface area contributed by atoms with Gasteiger partial charge >= 0.3 is 5.97 Å². The highest BCUT2D eigenvalue weighted by atomic mass is 35.5. The van der Waals surface area contributed by atoms with Gasteiger partial charge in [-0.15, -0.1) is 0 Å². The second kappa shape index (κ2) is 8.82. The lowest BCUT2D eigenvalue weighted by molar-refractivity contribution is -0.140. The summed E-state index contributed by atoms with van der Waals surface area (Å²) < 4.78 is 0. The second-order valence-corrected chi connectivity index (χ2v) is 5.90. The summed E-state index contributed by atoms with van der Waals surface area (Å²) in [5.74, 6) is -2.37. The Morgan fingerprint density at radius 1 is 1.04 bits per heavy atom. The number of hydrogen-bond acceptors (Lipinski definition) is 3. The lowest BCUT2D eigenvalue weighted by Gasteiger charge is -2.13. The molecule has 0 heterocycles. The van der Waals surface area contributed by atoms with E-state index in [0.29, 0.717) is 16.1 Å². The zero-order valence-corrected chi connectivity index (χ0v) is 14.7. The molecule has 0 bridgehead atoms. The first-order valence-corrected chi connectivity index (χ1v) is 8.12. The number of halogens is 1. The van der Waals surface area contributed by atoms with E-state index >= 15 is 0 Å². The van der Waals surface area contributed by atoms with Gasteiger partial charge in [0.1, 0.15) is 11.7 Å². The highest BCUT2D eigenvalue weighted by molar-refractivity contribution is 6.30. The van der Waals surface area contributed by atoms with Gasteiger partial charge in [0, 0.05) is 10.6 Å². The lowest BCUT2D eigenvalue weighted by atomic mass is 10.1. The fraction of sp³-hybridized carbons (Fsp3) is 0.105. The van der Waals surface area contributed by atoms with Gasteiger partial charge in [-0.25, -0.2) is 0 Å². The van der Waals surface area contributed by atoms with Crippen molar-refractivity contribution < 1.29 is 19.5 Å². The van der Waals surface area contributed by atoms with E-state index in [1.165, 1.54) is 13.0 Å². The summed E-state index contributed by atoms with van der Waals surface area (Å²) in [6.45, 7) is 1.33. The van der Waals surface area contributed by atoms with Crippen molar-refractivity contribution in [2.45, 2.75) is 13.0 Å². The Kier molecular flexibility index (Phi) is 6.52. The summed E-state index contributed by atoms with van der Waals surface area (Å²) in [6.07, 6.45) is 1.45. The number of carbonyl (C=O) groups is 3. The van der Waals surface area contributed by atoms with Gasteiger partial charge in [-0.3, -0.25) is 14.4 Å². The molecule has 2 amide bonds. The van der Waals surface area contributed by atoms with Crippen LogP contribution in [0.4, 0.5) is 0 Å². The van der Waals surface area contributed by atoms with Crippen molar-refractivity contribution in [3.05, 3.63) is 76.4 Å². The summed E-state index contributed by atoms with van der Waals surface area (Å²) in [7, 11) is 0. The maximum atomic E-state index is 12.4. The Morgan fingerprint density at radius 3 is 2.23 bits per heavy atom. The van der Waals surface area contributed by atoms with Crippen molar-refractivity contribution >= 4 is 35.5 Å². The monoisotopic (exact) mass is 372 g/mol. The number of carboxylic acid groups (broad SMARTS) is 1. The Labute approximate surface area is 155 Å². The molecular weight excluding hydrogens is 356 g/mol. The molecule has 0 saturated carbocycles. The van der Waals surface area contributed by atoms with Gasteiger partial charge in [0.25, 0.3) is 11.8 Å². The van der Waals surface area contributed by atoms with E-state index in [1.54, 1.807) is 54.6 Å². The molecule has 7 heteroatoms. The molecular formula is C19H17ClN2O4. The molecule has 0 saturated heterocycles. The maximum absolute atomic E-state index is 12.4. The minimum atomic E-state index is -1.18. The van der Waals surface area contributed by atoms with Crippen LogP contribution in [0.5, 0.6) is 0 Å². The molecule has 0 aromatic heterocycles. The fourth-order valence-electron chi connectivity index (χ4n) is 2.00. The summed E-state index contributed by atoms with van der Waals surface area (Å²) in [6, 6.07) is 13.9. The Hall–Kier alpha value is -3.12. The summed E-state index contributed by atoms with van der Waals surface area (Å²) in [4.78, 5) is 35.7. The minimum absolute atomic E-state index is 0.0747. The van der Waals surface area contributed by atoms with Crippen LogP contribution in [0, 0.1) is 0 Å². The fourth-order valence-corrected chi connectivity index (χ4v) is 2.13. The SMILES string of the molecule is CC(NC(=O)C(=Cc1ccc(Cl)cc1)NC(=O)c1ccccc1)C(=O)O. The van der Waals surface area contributed by atoms with Crippen LogP contribution in [-0.2, 0) is 9.59 Å². The normalized spacial score (nSPS) is 12.2. The third-order valence-electron chi connectivity index (χ3n) is 3.43. The highest BCUT2D eigenvalue weighted by Gasteiger charge is 2.19. The van der Waals surface area contributed by atoms with Crippen LogP contribution in [0.25, 0.3) is 6.08 Å². The molecule has 1 atom stereocenters. The van der Waals surface area contributed by atoms with E-state index in [0.717, 1.165) is 0 Å². The molecule has 3 N–H and O–H groups in total. The van der Waals surface area contributed by atoms with Gasteiger partial charge < -0.3 is 15.7 Å². The number of benzene rings is 2. The van der Waals surface area contributed by atoms with Crippen molar-refractivity contribution in [2.24, 2.45) is 0 Å². The molecule has 0 spiro atoms.